The normalized spacial score (nSPS) is 21.9. The van der Waals surface area contributed by atoms with E-state index in [0.29, 0.717) is 25.6 Å². The SMILES string of the molecule is CCC(CN)S(=O)(=O)N1CCN(C(C)C)CC1. The van der Waals surface area contributed by atoms with Crippen LogP contribution in [0.25, 0.3) is 0 Å². The molecular weight excluding hydrogens is 238 g/mol. The van der Waals surface area contributed by atoms with Gasteiger partial charge in [-0.05, 0) is 20.3 Å². The minimum Gasteiger partial charge on any atom is -0.329 e. The molecule has 0 aromatic rings. The van der Waals surface area contributed by atoms with Crippen molar-refractivity contribution >= 4 is 10.0 Å². The highest BCUT2D eigenvalue weighted by molar-refractivity contribution is 7.89. The maximum Gasteiger partial charge on any atom is 0.218 e. The number of rotatable bonds is 5. The molecule has 1 saturated heterocycles. The first-order chi connectivity index (χ1) is 7.93. The molecule has 0 amide bonds. The summed E-state index contributed by atoms with van der Waals surface area (Å²) >= 11 is 0. The minimum atomic E-state index is -3.19. The fourth-order valence-corrected chi connectivity index (χ4v) is 3.94. The van der Waals surface area contributed by atoms with Crippen molar-refractivity contribution in [3.63, 3.8) is 0 Å². The second-order valence-corrected chi connectivity index (χ2v) is 7.05. The average Bonchev–Trinajstić information content (AvgIpc) is 2.30. The van der Waals surface area contributed by atoms with Gasteiger partial charge in [-0.25, -0.2) is 8.42 Å². The first-order valence-electron chi connectivity index (χ1n) is 6.36. The lowest BCUT2D eigenvalue weighted by atomic mass is 10.3. The quantitative estimate of drug-likeness (QED) is 0.763. The fraction of sp³-hybridized carbons (Fsp3) is 1.00. The van der Waals surface area contributed by atoms with Crippen molar-refractivity contribution in [1.82, 2.24) is 9.21 Å². The van der Waals surface area contributed by atoms with Crippen molar-refractivity contribution in [2.75, 3.05) is 32.7 Å². The van der Waals surface area contributed by atoms with Crippen LogP contribution in [0.1, 0.15) is 27.2 Å². The molecule has 1 atom stereocenters. The van der Waals surface area contributed by atoms with Gasteiger partial charge in [-0.1, -0.05) is 6.92 Å². The molecular formula is C11H25N3O2S. The van der Waals surface area contributed by atoms with Crippen LogP contribution in [0.4, 0.5) is 0 Å². The summed E-state index contributed by atoms with van der Waals surface area (Å²) in [6.45, 7) is 9.18. The molecule has 17 heavy (non-hydrogen) atoms. The molecule has 1 fully saturated rings. The van der Waals surface area contributed by atoms with Gasteiger partial charge in [-0.3, -0.25) is 4.90 Å². The van der Waals surface area contributed by atoms with Crippen LogP contribution >= 0.6 is 0 Å². The third kappa shape index (κ3) is 3.40. The van der Waals surface area contributed by atoms with Gasteiger partial charge in [0.15, 0.2) is 0 Å². The third-order valence-electron chi connectivity index (χ3n) is 3.50. The van der Waals surface area contributed by atoms with E-state index < -0.39 is 15.3 Å². The molecule has 2 N–H and O–H groups in total. The molecule has 0 aromatic heterocycles. The highest BCUT2D eigenvalue weighted by Crippen LogP contribution is 2.15. The lowest BCUT2D eigenvalue weighted by Gasteiger charge is -2.37. The van der Waals surface area contributed by atoms with Crippen LogP contribution in [-0.2, 0) is 10.0 Å². The Morgan fingerprint density at radius 2 is 1.71 bits per heavy atom. The van der Waals surface area contributed by atoms with Gasteiger partial charge >= 0.3 is 0 Å². The van der Waals surface area contributed by atoms with Crippen molar-refractivity contribution in [3.8, 4) is 0 Å². The molecule has 1 heterocycles. The van der Waals surface area contributed by atoms with Gasteiger partial charge < -0.3 is 5.73 Å². The maximum atomic E-state index is 12.3. The van der Waals surface area contributed by atoms with E-state index in [9.17, 15) is 8.42 Å². The second-order valence-electron chi connectivity index (χ2n) is 4.84. The van der Waals surface area contributed by atoms with Crippen LogP contribution in [0.3, 0.4) is 0 Å². The summed E-state index contributed by atoms with van der Waals surface area (Å²) in [5.41, 5.74) is 5.54. The van der Waals surface area contributed by atoms with E-state index in [-0.39, 0.29) is 6.54 Å². The van der Waals surface area contributed by atoms with Gasteiger partial charge in [0.25, 0.3) is 0 Å². The summed E-state index contributed by atoms with van der Waals surface area (Å²) in [6, 6.07) is 0.483. The standard InChI is InChI=1S/C11H25N3O2S/c1-4-11(9-12)17(15,16)14-7-5-13(6-8-14)10(2)3/h10-11H,4-9,12H2,1-3H3. The lowest BCUT2D eigenvalue weighted by molar-refractivity contribution is 0.153. The summed E-state index contributed by atoms with van der Waals surface area (Å²) in [5.74, 6) is 0. The van der Waals surface area contributed by atoms with Crippen molar-refractivity contribution in [3.05, 3.63) is 0 Å². The molecule has 0 radical (unpaired) electrons. The van der Waals surface area contributed by atoms with E-state index in [4.69, 9.17) is 5.73 Å². The molecule has 0 saturated carbocycles. The van der Waals surface area contributed by atoms with E-state index in [1.54, 1.807) is 4.31 Å². The smallest absolute Gasteiger partial charge is 0.218 e. The summed E-state index contributed by atoms with van der Waals surface area (Å²) in [4.78, 5) is 2.30. The predicted molar refractivity (Wildman–Crippen MR) is 70.3 cm³/mol. The van der Waals surface area contributed by atoms with Gasteiger partial charge in [0, 0.05) is 38.8 Å². The monoisotopic (exact) mass is 263 g/mol. The molecule has 1 aliphatic heterocycles. The first kappa shape index (κ1) is 14.9. The summed E-state index contributed by atoms with van der Waals surface area (Å²) in [5, 5.41) is -0.423. The molecule has 5 nitrogen and oxygen atoms in total. The number of hydrogen-bond acceptors (Lipinski definition) is 4. The number of sulfonamides is 1. The summed E-state index contributed by atoms with van der Waals surface area (Å²) in [6.07, 6.45) is 0.587. The van der Waals surface area contributed by atoms with Crippen LogP contribution in [-0.4, -0.2) is 61.6 Å². The van der Waals surface area contributed by atoms with Crippen molar-refractivity contribution in [2.45, 2.75) is 38.5 Å². The van der Waals surface area contributed by atoms with E-state index >= 15 is 0 Å². The Balaban J connectivity index is 2.64. The zero-order chi connectivity index (χ0) is 13.1. The van der Waals surface area contributed by atoms with Crippen LogP contribution in [0.2, 0.25) is 0 Å². The van der Waals surface area contributed by atoms with Crippen molar-refractivity contribution < 1.29 is 8.42 Å². The molecule has 0 aliphatic carbocycles. The first-order valence-corrected chi connectivity index (χ1v) is 7.86. The number of nitrogens with two attached hydrogens (primary N) is 1. The van der Waals surface area contributed by atoms with Crippen molar-refractivity contribution in [1.29, 1.82) is 0 Å². The molecule has 0 aromatic carbocycles. The molecule has 1 rings (SSSR count). The van der Waals surface area contributed by atoms with Gasteiger partial charge in [0.2, 0.25) is 10.0 Å². The van der Waals surface area contributed by atoms with Crippen LogP contribution in [0.5, 0.6) is 0 Å². The van der Waals surface area contributed by atoms with Crippen LogP contribution < -0.4 is 5.73 Å². The zero-order valence-corrected chi connectivity index (χ0v) is 11.9. The topological polar surface area (TPSA) is 66.6 Å². The van der Waals surface area contributed by atoms with E-state index in [2.05, 4.69) is 18.7 Å². The molecule has 1 unspecified atom stereocenters. The van der Waals surface area contributed by atoms with Crippen LogP contribution in [0, 0.1) is 0 Å². The summed E-state index contributed by atoms with van der Waals surface area (Å²) in [7, 11) is -3.19. The third-order valence-corrected chi connectivity index (χ3v) is 5.96. The Morgan fingerprint density at radius 1 is 1.18 bits per heavy atom. The highest BCUT2D eigenvalue weighted by Gasteiger charge is 2.32. The van der Waals surface area contributed by atoms with E-state index in [1.165, 1.54) is 0 Å². The van der Waals surface area contributed by atoms with Crippen LogP contribution in [0.15, 0.2) is 0 Å². The Bertz CT molecular complexity index is 318. The fourth-order valence-electron chi connectivity index (χ4n) is 2.18. The molecule has 102 valence electrons. The number of nitrogens with zero attached hydrogens (tertiary/aromatic N) is 2. The molecule has 0 bridgehead atoms. The number of piperazine rings is 1. The minimum absolute atomic E-state index is 0.212. The maximum absolute atomic E-state index is 12.3. The van der Waals surface area contributed by atoms with Gasteiger partial charge in [-0.2, -0.15) is 4.31 Å². The Kier molecular flexibility index (Phi) is 5.37. The zero-order valence-electron chi connectivity index (χ0n) is 11.1. The lowest BCUT2D eigenvalue weighted by Crippen LogP contribution is -2.53. The number of hydrogen-bond donors (Lipinski definition) is 1. The Hall–Kier alpha value is -0.170. The molecule has 6 heteroatoms. The Morgan fingerprint density at radius 3 is 2.06 bits per heavy atom. The Labute approximate surface area is 105 Å². The largest absolute Gasteiger partial charge is 0.329 e. The average molecular weight is 263 g/mol. The van der Waals surface area contributed by atoms with Crippen molar-refractivity contribution in [2.24, 2.45) is 5.73 Å². The van der Waals surface area contributed by atoms with Gasteiger partial charge in [-0.15, -0.1) is 0 Å². The van der Waals surface area contributed by atoms with Gasteiger partial charge in [0.05, 0.1) is 5.25 Å². The predicted octanol–water partition coefficient (Wildman–Crippen LogP) is 0.0795. The highest BCUT2D eigenvalue weighted by atomic mass is 32.2. The molecule has 0 spiro atoms. The van der Waals surface area contributed by atoms with E-state index in [1.807, 2.05) is 6.92 Å². The van der Waals surface area contributed by atoms with Gasteiger partial charge in [0.1, 0.15) is 0 Å². The van der Waals surface area contributed by atoms with E-state index in [0.717, 1.165) is 13.1 Å². The molecule has 1 aliphatic rings. The summed E-state index contributed by atoms with van der Waals surface area (Å²) < 4.78 is 26.1. The second kappa shape index (κ2) is 6.13.